The van der Waals surface area contributed by atoms with E-state index in [-0.39, 0.29) is 23.0 Å². The first-order valence-corrected chi connectivity index (χ1v) is 8.08. The van der Waals surface area contributed by atoms with E-state index in [1.54, 1.807) is 10.6 Å². The Labute approximate surface area is 137 Å². The topological polar surface area (TPSA) is 88.6 Å². The molecule has 0 amide bonds. The normalized spacial score (nSPS) is 20.8. The van der Waals surface area contributed by atoms with Gasteiger partial charge in [0.25, 0.3) is 0 Å². The van der Waals surface area contributed by atoms with Crippen LogP contribution in [-0.4, -0.2) is 34.8 Å². The second-order valence-corrected chi connectivity index (χ2v) is 6.63. The SMILES string of the molecule is N[C@H]1CCN(c2cc(F)c3c(=O)c(C(=O)O)cn(C4CC4)c3c2)C1. The number of carbonyl (C=O) groups is 1. The van der Waals surface area contributed by atoms with Gasteiger partial charge in [0, 0.05) is 37.1 Å². The van der Waals surface area contributed by atoms with Gasteiger partial charge in [-0.2, -0.15) is 0 Å². The van der Waals surface area contributed by atoms with Crippen molar-refractivity contribution in [1.82, 2.24) is 4.57 Å². The van der Waals surface area contributed by atoms with Crippen LogP contribution in [0.3, 0.4) is 0 Å². The molecular weight excluding hydrogens is 313 g/mol. The summed E-state index contributed by atoms with van der Waals surface area (Å²) in [5, 5.41) is 9.10. The molecule has 2 aliphatic rings. The number of nitrogens with two attached hydrogens (primary N) is 1. The van der Waals surface area contributed by atoms with Crippen LogP contribution in [0.4, 0.5) is 10.1 Å². The van der Waals surface area contributed by atoms with Crippen LogP contribution >= 0.6 is 0 Å². The number of nitrogens with zero attached hydrogens (tertiary/aromatic N) is 2. The van der Waals surface area contributed by atoms with Gasteiger partial charge in [-0.25, -0.2) is 9.18 Å². The van der Waals surface area contributed by atoms with Crippen molar-refractivity contribution in [2.45, 2.75) is 31.3 Å². The molecule has 0 bridgehead atoms. The fourth-order valence-electron chi connectivity index (χ4n) is 3.42. The number of aromatic carboxylic acids is 1. The number of rotatable bonds is 3. The molecule has 6 nitrogen and oxygen atoms in total. The zero-order chi connectivity index (χ0) is 17.0. The predicted octanol–water partition coefficient (Wildman–Crippen LogP) is 1.71. The number of pyridine rings is 1. The number of carboxylic acid groups (broad SMARTS) is 1. The molecular formula is C17H18FN3O3. The molecule has 1 saturated carbocycles. The van der Waals surface area contributed by atoms with Gasteiger partial charge in [-0.15, -0.1) is 0 Å². The minimum Gasteiger partial charge on any atom is -0.477 e. The minimum atomic E-state index is -1.33. The Morgan fingerprint density at radius 3 is 2.62 bits per heavy atom. The summed E-state index contributed by atoms with van der Waals surface area (Å²) in [6.07, 6.45) is 3.99. The number of hydrogen-bond acceptors (Lipinski definition) is 4. The van der Waals surface area contributed by atoms with Crippen molar-refractivity contribution in [1.29, 1.82) is 0 Å². The zero-order valence-electron chi connectivity index (χ0n) is 13.0. The zero-order valence-corrected chi connectivity index (χ0v) is 13.0. The van der Waals surface area contributed by atoms with Crippen LogP contribution in [0.5, 0.6) is 0 Å². The Bertz CT molecular complexity index is 904. The maximum Gasteiger partial charge on any atom is 0.341 e. The molecule has 2 heterocycles. The van der Waals surface area contributed by atoms with E-state index in [0.717, 1.165) is 25.8 Å². The Hall–Kier alpha value is -2.41. The minimum absolute atomic E-state index is 0.0590. The van der Waals surface area contributed by atoms with Gasteiger partial charge in [-0.1, -0.05) is 0 Å². The molecule has 1 aromatic heterocycles. The Kier molecular flexibility index (Phi) is 3.35. The van der Waals surface area contributed by atoms with Crippen molar-refractivity contribution in [3.05, 3.63) is 39.9 Å². The van der Waals surface area contributed by atoms with Crippen molar-refractivity contribution >= 4 is 22.6 Å². The van der Waals surface area contributed by atoms with E-state index in [1.165, 1.54) is 12.3 Å². The summed E-state index contributed by atoms with van der Waals surface area (Å²) < 4.78 is 16.4. The van der Waals surface area contributed by atoms with E-state index in [9.17, 15) is 19.1 Å². The first-order chi connectivity index (χ1) is 11.5. The third-order valence-corrected chi connectivity index (χ3v) is 4.83. The average molecular weight is 331 g/mol. The van der Waals surface area contributed by atoms with Crippen LogP contribution in [0.25, 0.3) is 10.9 Å². The smallest absolute Gasteiger partial charge is 0.341 e. The highest BCUT2D eigenvalue weighted by Crippen LogP contribution is 2.38. The van der Waals surface area contributed by atoms with E-state index < -0.39 is 17.2 Å². The second kappa shape index (κ2) is 5.31. The van der Waals surface area contributed by atoms with Gasteiger partial charge in [0.15, 0.2) is 0 Å². The summed E-state index contributed by atoms with van der Waals surface area (Å²) in [6.45, 7) is 1.39. The third-order valence-electron chi connectivity index (χ3n) is 4.83. The fourth-order valence-corrected chi connectivity index (χ4v) is 3.42. The monoisotopic (exact) mass is 331 g/mol. The molecule has 1 saturated heterocycles. The number of aromatic nitrogens is 1. The summed E-state index contributed by atoms with van der Waals surface area (Å²) in [6, 6.07) is 3.28. The highest BCUT2D eigenvalue weighted by molar-refractivity contribution is 5.93. The second-order valence-electron chi connectivity index (χ2n) is 6.63. The highest BCUT2D eigenvalue weighted by atomic mass is 19.1. The number of benzene rings is 1. The van der Waals surface area contributed by atoms with Crippen LogP contribution in [0.15, 0.2) is 23.1 Å². The van der Waals surface area contributed by atoms with E-state index in [2.05, 4.69) is 0 Å². The summed E-state index contributed by atoms with van der Waals surface area (Å²) in [7, 11) is 0. The summed E-state index contributed by atoms with van der Waals surface area (Å²) in [4.78, 5) is 25.7. The number of anilines is 1. The van der Waals surface area contributed by atoms with E-state index >= 15 is 0 Å². The summed E-state index contributed by atoms with van der Waals surface area (Å²) >= 11 is 0. The fraction of sp³-hybridized carbons (Fsp3) is 0.412. The van der Waals surface area contributed by atoms with Crippen molar-refractivity contribution in [3.63, 3.8) is 0 Å². The Balaban J connectivity index is 1.96. The molecule has 4 rings (SSSR count). The van der Waals surface area contributed by atoms with Gasteiger partial charge >= 0.3 is 5.97 Å². The molecule has 1 atom stereocenters. The molecule has 2 fully saturated rings. The maximum absolute atomic E-state index is 14.7. The van der Waals surface area contributed by atoms with Gasteiger partial charge in [-0.05, 0) is 31.4 Å². The van der Waals surface area contributed by atoms with Gasteiger partial charge in [-0.3, -0.25) is 4.79 Å². The summed E-state index contributed by atoms with van der Waals surface area (Å²) in [5.41, 5.74) is 5.92. The first-order valence-electron chi connectivity index (χ1n) is 8.08. The van der Waals surface area contributed by atoms with Crippen molar-refractivity contribution in [2.24, 2.45) is 5.73 Å². The maximum atomic E-state index is 14.7. The lowest BCUT2D eigenvalue weighted by atomic mass is 10.1. The predicted molar refractivity (Wildman–Crippen MR) is 88.2 cm³/mol. The van der Waals surface area contributed by atoms with Crippen molar-refractivity contribution in [3.8, 4) is 0 Å². The highest BCUT2D eigenvalue weighted by Gasteiger charge is 2.29. The quantitative estimate of drug-likeness (QED) is 0.894. The van der Waals surface area contributed by atoms with Crippen molar-refractivity contribution in [2.75, 3.05) is 18.0 Å². The van der Waals surface area contributed by atoms with Crippen LogP contribution < -0.4 is 16.1 Å². The molecule has 126 valence electrons. The number of halogens is 1. The number of fused-ring (bicyclic) bond motifs is 1. The molecule has 1 aliphatic heterocycles. The number of carboxylic acids is 1. The Morgan fingerprint density at radius 1 is 1.29 bits per heavy atom. The average Bonchev–Trinajstić information content (AvgIpc) is 3.27. The lowest BCUT2D eigenvalue weighted by molar-refractivity contribution is 0.0695. The molecule has 2 aromatic rings. The van der Waals surface area contributed by atoms with Crippen LogP contribution in [-0.2, 0) is 0 Å². The lowest BCUT2D eigenvalue weighted by Crippen LogP contribution is -2.26. The van der Waals surface area contributed by atoms with E-state index in [1.807, 2.05) is 4.90 Å². The van der Waals surface area contributed by atoms with E-state index in [4.69, 9.17) is 5.73 Å². The summed E-state index contributed by atoms with van der Waals surface area (Å²) in [5.74, 6) is -2.00. The van der Waals surface area contributed by atoms with Crippen LogP contribution in [0, 0.1) is 5.82 Å². The van der Waals surface area contributed by atoms with Gasteiger partial charge < -0.3 is 20.3 Å². The Morgan fingerprint density at radius 2 is 2.04 bits per heavy atom. The van der Waals surface area contributed by atoms with Crippen molar-refractivity contribution < 1.29 is 14.3 Å². The first kappa shape index (κ1) is 15.1. The van der Waals surface area contributed by atoms with Gasteiger partial charge in [0.2, 0.25) is 5.43 Å². The van der Waals surface area contributed by atoms with Gasteiger partial charge in [0.1, 0.15) is 11.4 Å². The molecule has 7 heteroatoms. The lowest BCUT2D eigenvalue weighted by Gasteiger charge is -2.20. The number of hydrogen-bond donors (Lipinski definition) is 2. The van der Waals surface area contributed by atoms with E-state index in [0.29, 0.717) is 17.7 Å². The third kappa shape index (κ3) is 2.36. The molecule has 3 N–H and O–H groups in total. The van der Waals surface area contributed by atoms with Crippen LogP contribution in [0.2, 0.25) is 0 Å². The molecule has 1 aliphatic carbocycles. The molecule has 1 aromatic carbocycles. The van der Waals surface area contributed by atoms with Crippen LogP contribution in [0.1, 0.15) is 35.7 Å². The molecule has 0 radical (unpaired) electrons. The largest absolute Gasteiger partial charge is 0.477 e. The van der Waals surface area contributed by atoms with Gasteiger partial charge in [0.05, 0.1) is 10.9 Å². The molecule has 0 spiro atoms. The standard InChI is InChI=1S/C17H18FN3O3/c18-13-5-11(20-4-3-9(19)7-20)6-14-15(13)16(22)12(17(23)24)8-21(14)10-1-2-10/h5-6,8-10H,1-4,7,19H2,(H,23,24)/t9-/m0/s1. The molecule has 24 heavy (non-hydrogen) atoms. The molecule has 0 unspecified atom stereocenters.